The van der Waals surface area contributed by atoms with Crippen molar-refractivity contribution in [1.82, 2.24) is 18.7 Å². The van der Waals surface area contributed by atoms with E-state index in [9.17, 15) is 19.2 Å². The lowest BCUT2D eigenvalue weighted by atomic mass is 9.92. The third-order valence-corrected chi connectivity index (χ3v) is 7.43. The van der Waals surface area contributed by atoms with E-state index in [1.807, 2.05) is 18.2 Å². The molecule has 3 aromatic heterocycles. The summed E-state index contributed by atoms with van der Waals surface area (Å²) in [5.41, 5.74) is 1.55. The van der Waals surface area contributed by atoms with Gasteiger partial charge in [-0.25, -0.2) is 9.78 Å². The zero-order chi connectivity index (χ0) is 24.0. The van der Waals surface area contributed by atoms with Crippen molar-refractivity contribution in [2.24, 2.45) is 14.1 Å². The molecule has 1 amide bonds. The molecule has 4 aromatic rings. The van der Waals surface area contributed by atoms with Gasteiger partial charge in [-0.2, -0.15) is 0 Å². The number of carbonyl (C=O) groups excluding carboxylic acids is 2. The molecular weight excluding hydrogens is 454 g/mol. The molecular formula is C24H23N5O4S. The molecule has 0 bridgehead atoms. The van der Waals surface area contributed by atoms with Gasteiger partial charge in [-0.3, -0.25) is 23.5 Å². The Balaban J connectivity index is 1.49. The topological polar surface area (TPSA) is 108 Å². The number of aryl methyl sites for hydroxylation is 2. The number of benzene rings is 1. The second-order valence-corrected chi connectivity index (χ2v) is 9.51. The number of imidazole rings is 1. The average molecular weight is 478 g/mol. The summed E-state index contributed by atoms with van der Waals surface area (Å²) in [6, 6.07) is 9.06. The van der Waals surface area contributed by atoms with E-state index in [-0.39, 0.29) is 29.4 Å². The standard InChI is InChI=1S/C24H23N5O4S/c1-27-21-19(23(32)28(2)24(27)33)29(13-25-21)12-17(30)26-22-18(15-10-6-7-11-16(15)34-22)20(31)14-8-4-3-5-9-14/h3-5,8-9,13H,6-7,10-12H2,1-2H3,(H,26,30). The summed E-state index contributed by atoms with van der Waals surface area (Å²) in [6.45, 7) is -0.175. The number of amides is 1. The maximum absolute atomic E-state index is 13.4. The van der Waals surface area contributed by atoms with E-state index in [1.165, 1.54) is 40.9 Å². The molecule has 1 N–H and O–H groups in total. The highest BCUT2D eigenvalue weighted by atomic mass is 32.1. The van der Waals surface area contributed by atoms with E-state index < -0.39 is 11.2 Å². The number of anilines is 1. The summed E-state index contributed by atoms with van der Waals surface area (Å²) in [4.78, 5) is 56.6. The van der Waals surface area contributed by atoms with Crippen molar-refractivity contribution in [3.8, 4) is 0 Å². The Kier molecular flexibility index (Phi) is 5.52. The number of thiophene rings is 1. The van der Waals surface area contributed by atoms with Crippen LogP contribution in [0.5, 0.6) is 0 Å². The zero-order valence-corrected chi connectivity index (χ0v) is 19.6. The van der Waals surface area contributed by atoms with Crippen molar-refractivity contribution >= 4 is 39.2 Å². The van der Waals surface area contributed by atoms with E-state index in [4.69, 9.17) is 0 Å². The predicted molar refractivity (Wildman–Crippen MR) is 130 cm³/mol. The molecule has 1 aromatic carbocycles. The van der Waals surface area contributed by atoms with Crippen LogP contribution in [0.1, 0.15) is 39.2 Å². The second kappa shape index (κ2) is 8.53. The molecule has 1 aliphatic rings. The van der Waals surface area contributed by atoms with Gasteiger partial charge in [0, 0.05) is 24.5 Å². The summed E-state index contributed by atoms with van der Waals surface area (Å²) in [5, 5.41) is 3.45. The molecule has 0 radical (unpaired) electrons. The SMILES string of the molecule is Cn1c(=O)c2c(ncn2CC(=O)Nc2sc3c(c2C(=O)c2ccccc2)CCCC3)n(C)c1=O. The number of aromatic nitrogens is 4. The lowest BCUT2D eigenvalue weighted by molar-refractivity contribution is -0.116. The highest BCUT2D eigenvalue weighted by molar-refractivity contribution is 7.17. The first-order chi connectivity index (χ1) is 16.4. The van der Waals surface area contributed by atoms with Crippen molar-refractivity contribution in [2.45, 2.75) is 32.2 Å². The van der Waals surface area contributed by atoms with Crippen LogP contribution in [0.3, 0.4) is 0 Å². The fraction of sp³-hybridized carbons (Fsp3) is 0.292. The maximum atomic E-state index is 13.4. The number of carbonyl (C=O) groups is 2. The Bertz CT molecular complexity index is 1560. The zero-order valence-electron chi connectivity index (χ0n) is 18.8. The summed E-state index contributed by atoms with van der Waals surface area (Å²) >= 11 is 1.45. The van der Waals surface area contributed by atoms with Gasteiger partial charge < -0.3 is 9.88 Å². The average Bonchev–Trinajstić information content (AvgIpc) is 3.42. The van der Waals surface area contributed by atoms with Gasteiger partial charge >= 0.3 is 5.69 Å². The number of nitrogens with one attached hydrogen (secondary N) is 1. The molecule has 5 rings (SSSR count). The van der Waals surface area contributed by atoms with Gasteiger partial charge in [-0.05, 0) is 31.2 Å². The van der Waals surface area contributed by atoms with Gasteiger partial charge in [-0.15, -0.1) is 11.3 Å². The van der Waals surface area contributed by atoms with Crippen molar-refractivity contribution in [3.05, 3.63) is 79.1 Å². The third kappa shape index (κ3) is 3.60. The summed E-state index contributed by atoms with van der Waals surface area (Å²) in [5.74, 6) is -0.483. The van der Waals surface area contributed by atoms with Crippen LogP contribution in [0.15, 0.2) is 46.2 Å². The molecule has 1 aliphatic carbocycles. The molecule has 10 heteroatoms. The third-order valence-electron chi connectivity index (χ3n) is 6.22. The van der Waals surface area contributed by atoms with Gasteiger partial charge in [0.2, 0.25) is 5.91 Å². The van der Waals surface area contributed by atoms with E-state index in [1.54, 1.807) is 12.1 Å². The molecule has 0 aliphatic heterocycles. The first-order valence-corrected chi connectivity index (χ1v) is 11.8. The normalized spacial score (nSPS) is 13.1. The highest BCUT2D eigenvalue weighted by Gasteiger charge is 2.27. The van der Waals surface area contributed by atoms with Crippen LogP contribution < -0.4 is 16.6 Å². The first-order valence-electron chi connectivity index (χ1n) is 11.0. The van der Waals surface area contributed by atoms with Crippen LogP contribution in [-0.2, 0) is 38.3 Å². The minimum atomic E-state index is -0.519. The number of hydrogen-bond acceptors (Lipinski definition) is 6. The molecule has 174 valence electrons. The van der Waals surface area contributed by atoms with E-state index in [0.717, 1.165) is 40.7 Å². The Morgan fingerprint density at radius 2 is 1.79 bits per heavy atom. The van der Waals surface area contributed by atoms with Crippen LogP contribution >= 0.6 is 11.3 Å². The van der Waals surface area contributed by atoms with Crippen molar-refractivity contribution in [2.75, 3.05) is 5.32 Å². The summed E-state index contributed by atoms with van der Waals surface area (Å²) in [6.07, 6.45) is 5.14. The van der Waals surface area contributed by atoms with Gasteiger partial charge in [0.1, 0.15) is 11.5 Å². The fourth-order valence-corrected chi connectivity index (χ4v) is 5.77. The summed E-state index contributed by atoms with van der Waals surface area (Å²) in [7, 11) is 2.91. The van der Waals surface area contributed by atoms with Crippen LogP contribution in [0.4, 0.5) is 5.00 Å². The van der Waals surface area contributed by atoms with E-state index >= 15 is 0 Å². The van der Waals surface area contributed by atoms with Gasteiger partial charge in [0.25, 0.3) is 5.56 Å². The van der Waals surface area contributed by atoms with E-state index in [2.05, 4.69) is 10.3 Å². The number of fused-ring (bicyclic) bond motifs is 2. The van der Waals surface area contributed by atoms with Crippen LogP contribution in [0.2, 0.25) is 0 Å². The monoisotopic (exact) mass is 477 g/mol. The summed E-state index contributed by atoms with van der Waals surface area (Å²) < 4.78 is 3.69. The highest BCUT2D eigenvalue weighted by Crippen LogP contribution is 2.39. The Hall–Kier alpha value is -3.79. The Morgan fingerprint density at radius 1 is 1.06 bits per heavy atom. The van der Waals surface area contributed by atoms with Crippen molar-refractivity contribution in [1.29, 1.82) is 0 Å². The molecule has 0 atom stereocenters. The van der Waals surface area contributed by atoms with E-state index in [0.29, 0.717) is 16.1 Å². The fourth-order valence-electron chi connectivity index (χ4n) is 4.47. The van der Waals surface area contributed by atoms with Gasteiger partial charge in [0.05, 0.1) is 11.9 Å². The number of rotatable bonds is 5. The quantitative estimate of drug-likeness (QED) is 0.444. The lowest BCUT2D eigenvalue weighted by Gasteiger charge is -2.13. The maximum Gasteiger partial charge on any atom is 0.332 e. The van der Waals surface area contributed by atoms with Crippen molar-refractivity contribution in [3.63, 3.8) is 0 Å². The van der Waals surface area contributed by atoms with Crippen LogP contribution in [-0.4, -0.2) is 30.4 Å². The van der Waals surface area contributed by atoms with Crippen LogP contribution in [0, 0.1) is 0 Å². The number of hydrogen-bond donors (Lipinski definition) is 1. The number of ketones is 1. The molecule has 0 saturated heterocycles. The number of nitrogens with zero attached hydrogens (tertiary/aromatic N) is 4. The molecule has 34 heavy (non-hydrogen) atoms. The Morgan fingerprint density at radius 3 is 2.56 bits per heavy atom. The van der Waals surface area contributed by atoms with Gasteiger partial charge in [-0.1, -0.05) is 30.3 Å². The van der Waals surface area contributed by atoms with Crippen LogP contribution in [0.25, 0.3) is 11.2 Å². The second-order valence-electron chi connectivity index (χ2n) is 8.41. The lowest BCUT2D eigenvalue weighted by Crippen LogP contribution is -2.37. The molecule has 0 spiro atoms. The molecule has 0 fully saturated rings. The molecule has 0 saturated carbocycles. The minimum Gasteiger partial charge on any atom is -0.316 e. The molecule has 9 nitrogen and oxygen atoms in total. The minimum absolute atomic E-state index is 0.104. The first kappa shape index (κ1) is 22.0. The predicted octanol–water partition coefficient (Wildman–Crippen LogP) is 2.24. The molecule has 0 unspecified atom stereocenters. The van der Waals surface area contributed by atoms with Crippen molar-refractivity contribution < 1.29 is 9.59 Å². The van der Waals surface area contributed by atoms with Gasteiger partial charge in [0.15, 0.2) is 16.9 Å². The smallest absolute Gasteiger partial charge is 0.316 e. The largest absolute Gasteiger partial charge is 0.332 e. The molecule has 3 heterocycles. The Labute approximate surface area is 198 Å².